The van der Waals surface area contributed by atoms with Crippen LogP contribution in [0.1, 0.15) is 34.5 Å². The molecular formula is C13H17BN4O2. The second kappa shape index (κ2) is 4.39. The number of nitrogens with zero attached hydrogens (tertiary/aromatic N) is 4. The molecule has 0 saturated carbocycles. The summed E-state index contributed by atoms with van der Waals surface area (Å²) in [5, 5.41) is 0. The van der Waals surface area contributed by atoms with Crippen LogP contribution in [-0.4, -0.2) is 37.8 Å². The molecule has 0 atom stereocenters. The molecule has 1 fully saturated rings. The Balaban J connectivity index is 2.06. The summed E-state index contributed by atoms with van der Waals surface area (Å²) in [4.78, 5) is 11.5. The summed E-state index contributed by atoms with van der Waals surface area (Å²) in [6, 6.07) is 0. The fourth-order valence-corrected chi connectivity index (χ4v) is 1.71. The van der Waals surface area contributed by atoms with Gasteiger partial charge in [-0.15, -0.1) is 0 Å². The minimum Gasteiger partial charge on any atom is -0.399 e. The van der Waals surface area contributed by atoms with Crippen LogP contribution < -0.4 is 5.46 Å². The lowest BCUT2D eigenvalue weighted by Crippen LogP contribution is -2.41. The summed E-state index contributed by atoms with van der Waals surface area (Å²) in [5.74, 6) is -0.226. The molecule has 7 heteroatoms. The highest BCUT2D eigenvalue weighted by Crippen LogP contribution is 2.36. The fraction of sp³-hybridized carbons (Fsp3) is 0.462. The van der Waals surface area contributed by atoms with E-state index in [0.717, 1.165) is 4.57 Å². The molecule has 1 saturated heterocycles. The van der Waals surface area contributed by atoms with E-state index in [2.05, 4.69) is 15.0 Å². The fourth-order valence-electron chi connectivity index (χ4n) is 1.71. The standard InChI is InChI=1S/C13H17BN4O2/c1-12(2)13(3,4)20-14(19-12)10-7-16-11(17-8-10)18-6-5-15-9-18/h5-9H,1-4H3/i5D,6D,7D,8D,9D. The third kappa shape index (κ3) is 2.12. The first-order valence-corrected chi connectivity index (χ1v) is 6.18. The molecule has 20 heavy (non-hydrogen) atoms. The number of imidazole rings is 1. The van der Waals surface area contributed by atoms with Crippen molar-refractivity contribution in [2.45, 2.75) is 38.9 Å². The quantitative estimate of drug-likeness (QED) is 0.765. The highest BCUT2D eigenvalue weighted by molar-refractivity contribution is 6.61. The largest absolute Gasteiger partial charge is 0.498 e. The SMILES string of the molecule is [2H]c1nc(-n2c([2H])nc([2H])c2[2H])nc([2H])c1B1OC(C)(C)C(C)(C)O1. The molecule has 0 aromatic carbocycles. The van der Waals surface area contributed by atoms with E-state index < -0.39 is 30.8 Å². The third-order valence-corrected chi connectivity index (χ3v) is 3.61. The maximum Gasteiger partial charge on any atom is 0.498 e. The van der Waals surface area contributed by atoms with E-state index in [1.165, 1.54) is 0 Å². The molecule has 0 N–H and O–H groups in total. The molecule has 104 valence electrons. The molecule has 0 aliphatic carbocycles. The Labute approximate surface area is 125 Å². The summed E-state index contributed by atoms with van der Waals surface area (Å²) in [6.07, 6.45) is -1.79. The first-order chi connectivity index (χ1) is 11.4. The highest BCUT2D eigenvalue weighted by Gasteiger charge is 2.51. The van der Waals surface area contributed by atoms with Gasteiger partial charge in [-0.25, -0.2) is 15.0 Å². The van der Waals surface area contributed by atoms with Gasteiger partial charge in [0.15, 0.2) is 0 Å². The van der Waals surface area contributed by atoms with Gasteiger partial charge in [0, 0.05) is 30.2 Å². The Morgan fingerprint density at radius 3 is 2.25 bits per heavy atom. The van der Waals surface area contributed by atoms with Gasteiger partial charge >= 0.3 is 7.12 Å². The van der Waals surface area contributed by atoms with Crippen molar-refractivity contribution < 1.29 is 16.2 Å². The number of hydrogen-bond acceptors (Lipinski definition) is 5. The zero-order chi connectivity index (χ0) is 18.7. The van der Waals surface area contributed by atoms with E-state index in [4.69, 9.17) is 16.2 Å². The minimum atomic E-state index is -0.959. The van der Waals surface area contributed by atoms with Crippen molar-refractivity contribution in [2.24, 2.45) is 0 Å². The first-order valence-electron chi connectivity index (χ1n) is 8.68. The van der Waals surface area contributed by atoms with Gasteiger partial charge < -0.3 is 9.31 Å². The second-order valence-electron chi connectivity index (χ2n) is 5.52. The first kappa shape index (κ1) is 8.54. The lowest BCUT2D eigenvalue weighted by molar-refractivity contribution is 0.00578. The molecule has 6 nitrogen and oxygen atoms in total. The van der Waals surface area contributed by atoms with Crippen molar-refractivity contribution in [3.63, 3.8) is 0 Å². The molecule has 2 aromatic heterocycles. The van der Waals surface area contributed by atoms with Crippen LogP contribution in [0, 0.1) is 0 Å². The Bertz CT molecular complexity index is 818. The zero-order valence-electron chi connectivity index (χ0n) is 16.7. The van der Waals surface area contributed by atoms with Crippen LogP contribution in [0.3, 0.4) is 0 Å². The van der Waals surface area contributed by atoms with Crippen molar-refractivity contribution in [1.82, 2.24) is 19.5 Å². The molecule has 3 rings (SSSR count). The van der Waals surface area contributed by atoms with Gasteiger partial charge in [0.25, 0.3) is 0 Å². The lowest BCUT2D eigenvalue weighted by Gasteiger charge is -2.32. The predicted octanol–water partition coefficient (Wildman–Crippen LogP) is 0.961. The number of aromatic nitrogens is 4. The summed E-state index contributed by atoms with van der Waals surface area (Å²) in [7, 11) is -0.959. The smallest absolute Gasteiger partial charge is 0.399 e. The van der Waals surface area contributed by atoms with Crippen molar-refractivity contribution in [3.05, 3.63) is 31.0 Å². The van der Waals surface area contributed by atoms with Gasteiger partial charge in [-0.2, -0.15) is 0 Å². The molecule has 2 aromatic rings. The maximum atomic E-state index is 8.14. The molecule has 3 heterocycles. The van der Waals surface area contributed by atoms with Crippen LogP contribution in [0.2, 0.25) is 0 Å². The van der Waals surface area contributed by atoms with Crippen LogP contribution in [0.25, 0.3) is 5.95 Å². The lowest BCUT2D eigenvalue weighted by atomic mass is 9.81. The predicted molar refractivity (Wildman–Crippen MR) is 74.9 cm³/mol. The van der Waals surface area contributed by atoms with Crippen molar-refractivity contribution in [1.29, 1.82) is 0 Å². The van der Waals surface area contributed by atoms with Gasteiger partial charge in [0.2, 0.25) is 5.95 Å². The Morgan fingerprint density at radius 2 is 1.75 bits per heavy atom. The van der Waals surface area contributed by atoms with E-state index in [0.29, 0.717) is 0 Å². The molecule has 0 unspecified atom stereocenters. The average Bonchev–Trinajstić information content (AvgIpc) is 2.81. The van der Waals surface area contributed by atoms with Gasteiger partial charge in [-0.1, -0.05) is 0 Å². The monoisotopic (exact) mass is 277 g/mol. The van der Waals surface area contributed by atoms with Gasteiger partial charge in [0.05, 0.1) is 16.7 Å². The van der Waals surface area contributed by atoms with E-state index in [9.17, 15) is 0 Å². The summed E-state index contributed by atoms with van der Waals surface area (Å²) in [5.41, 5.74) is -1.20. The Kier molecular flexibility index (Phi) is 1.88. The van der Waals surface area contributed by atoms with Crippen LogP contribution in [0.5, 0.6) is 0 Å². The third-order valence-electron chi connectivity index (χ3n) is 3.61. The molecular weight excluding hydrogens is 255 g/mol. The van der Waals surface area contributed by atoms with Crippen LogP contribution in [0.15, 0.2) is 31.0 Å². The topological polar surface area (TPSA) is 62.1 Å². The van der Waals surface area contributed by atoms with Gasteiger partial charge in [0.1, 0.15) is 7.67 Å². The average molecular weight is 277 g/mol. The summed E-state index contributed by atoms with van der Waals surface area (Å²) in [6.45, 7) is 7.43. The van der Waals surface area contributed by atoms with Crippen LogP contribution in [0.4, 0.5) is 0 Å². The van der Waals surface area contributed by atoms with E-state index in [1.807, 2.05) is 27.7 Å². The Hall–Kier alpha value is -1.73. The zero-order valence-corrected chi connectivity index (χ0v) is 11.7. The van der Waals surface area contributed by atoms with E-state index >= 15 is 0 Å². The molecule has 0 amide bonds. The van der Waals surface area contributed by atoms with Crippen LogP contribution in [-0.2, 0) is 9.31 Å². The van der Waals surface area contributed by atoms with Gasteiger partial charge in [-0.05, 0) is 27.7 Å². The van der Waals surface area contributed by atoms with Gasteiger partial charge in [-0.3, -0.25) is 4.57 Å². The molecule has 0 spiro atoms. The van der Waals surface area contributed by atoms with Crippen molar-refractivity contribution in [2.75, 3.05) is 0 Å². The normalized spacial score (nSPS) is 23.8. The van der Waals surface area contributed by atoms with E-state index in [-0.39, 0.29) is 29.9 Å². The van der Waals surface area contributed by atoms with E-state index in [1.54, 1.807) is 0 Å². The number of rotatable bonds is 2. The second-order valence-corrected chi connectivity index (χ2v) is 5.52. The summed E-state index contributed by atoms with van der Waals surface area (Å²) >= 11 is 0. The number of hydrogen-bond donors (Lipinski definition) is 0. The Morgan fingerprint density at radius 1 is 1.15 bits per heavy atom. The van der Waals surface area contributed by atoms with Crippen molar-refractivity contribution >= 4 is 12.6 Å². The molecule has 1 aliphatic heterocycles. The highest BCUT2D eigenvalue weighted by atomic mass is 16.7. The van der Waals surface area contributed by atoms with Crippen molar-refractivity contribution in [3.8, 4) is 5.95 Å². The summed E-state index contributed by atoms with van der Waals surface area (Å²) < 4.78 is 51.8. The van der Waals surface area contributed by atoms with Crippen LogP contribution >= 0.6 is 0 Å². The molecule has 0 radical (unpaired) electrons. The minimum absolute atomic E-state index is 0.0756. The molecule has 1 aliphatic rings. The maximum absolute atomic E-state index is 8.14. The molecule has 0 bridgehead atoms.